The van der Waals surface area contributed by atoms with Gasteiger partial charge in [-0.3, -0.25) is 9.59 Å². The quantitative estimate of drug-likeness (QED) is 0.734. The number of esters is 2. The Hall–Kier alpha value is -1.06. The highest BCUT2D eigenvalue weighted by Gasteiger charge is 2.59. The van der Waals surface area contributed by atoms with Crippen molar-refractivity contribution in [3.8, 4) is 0 Å². The van der Waals surface area contributed by atoms with Crippen molar-refractivity contribution >= 4 is 11.9 Å². The molecule has 2 saturated carbocycles. The number of rotatable bonds is 2. The normalized spacial score (nSPS) is 38.2. The number of hydrogen-bond donors (Lipinski definition) is 0. The first-order valence-electron chi connectivity index (χ1n) is 7.93. The number of carbonyl (C=O) groups excluding carboxylic acids is 2. The Bertz CT molecular complexity index is 429. The monoisotopic (exact) mass is 296 g/mol. The molecule has 21 heavy (non-hydrogen) atoms. The standard InChI is InChI=1S/C17H28O4/c1-16(2)9-6-10-17(3)12(16)8-7-11(14(18)20-4)13(17)15(19)21-5/h11-13H,6-10H2,1-5H3/t11-,12-,13+,17-/m0/s1. The van der Waals surface area contributed by atoms with E-state index in [0.717, 1.165) is 25.7 Å². The van der Waals surface area contributed by atoms with Crippen LogP contribution in [-0.4, -0.2) is 26.2 Å². The minimum absolute atomic E-state index is 0.175. The number of methoxy groups -OCH3 is 2. The average molecular weight is 296 g/mol. The van der Waals surface area contributed by atoms with E-state index in [0.29, 0.717) is 5.92 Å². The van der Waals surface area contributed by atoms with Crippen LogP contribution in [0.5, 0.6) is 0 Å². The van der Waals surface area contributed by atoms with Crippen LogP contribution in [-0.2, 0) is 19.1 Å². The fourth-order valence-corrected chi connectivity index (χ4v) is 5.20. The predicted molar refractivity (Wildman–Crippen MR) is 79.5 cm³/mol. The van der Waals surface area contributed by atoms with Crippen LogP contribution in [0.25, 0.3) is 0 Å². The van der Waals surface area contributed by atoms with Crippen LogP contribution in [0.3, 0.4) is 0 Å². The molecule has 2 aliphatic rings. The van der Waals surface area contributed by atoms with Crippen LogP contribution in [0.2, 0.25) is 0 Å². The largest absolute Gasteiger partial charge is 0.469 e. The lowest BCUT2D eigenvalue weighted by Crippen LogP contribution is -2.55. The van der Waals surface area contributed by atoms with E-state index in [2.05, 4.69) is 20.8 Å². The van der Waals surface area contributed by atoms with Crippen LogP contribution in [0.15, 0.2) is 0 Å². The van der Waals surface area contributed by atoms with Crippen LogP contribution in [0, 0.1) is 28.6 Å². The molecule has 4 heteroatoms. The molecule has 0 spiro atoms. The molecular formula is C17H28O4. The van der Waals surface area contributed by atoms with Gasteiger partial charge in [-0.05, 0) is 42.4 Å². The van der Waals surface area contributed by atoms with Gasteiger partial charge < -0.3 is 9.47 Å². The van der Waals surface area contributed by atoms with Gasteiger partial charge in [0.2, 0.25) is 0 Å². The molecule has 0 saturated heterocycles. The molecule has 0 aromatic carbocycles. The molecule has 0 unspecified atom stereocenters. The van der Waals surface area contributed by atoms with Gasteiger partial charge in [-0.1, -0.05) is 27.2 Å². The lowest BCUT2D eigenvalue weighted by atomic mass is 9.46. The average Bonchev–Trinajstić information content (AvgIpc) is 2.43. The van der Waals surface area contributed by atoms with Crippen molar-refractivity contribution in [1.82, 2.24) is 0 Å². The van der Waals surface area contributed by atoms with Gasteiger partial charge in [0, 0.05) is 0 Å². The van der Waals surface area contributed by atoms with Gasteiger partial charge >= 0.3 is 11.9 Å². The maximum absolute atomic E-state index is 12.4. The van der Waals surface area contributed by atoms with E-state index in [-0.39, 0.29) is 34.6 Å². The van der Waals surface area contributed by atoms with Crippen molar-refractivity contribution in [3.05, 3.63) is 0 Å². The molecule has 2 rings (SSSR count). The van der Waals surface area contributed by atoms with Crippen LogP contribution in [0.1, 0.15) is 52.9 Å². The third kappa shape index (κ3) is 2.58. The van der Waals surface area contributed by atoms with Gasteiger partial charge in [0.15, 0.2) is 0 Å². The minimum Gasteiger partial charge on any atom is -0.469 e. The van der Waals surface area contributed by atoms with E-state index in [1.54, 1.807) is 0 Å². The SMILES string of the molecule is COC(=O)[C@H]1CC[C@H]2C(C)(C)CCC[C@]2(C)[C@H]1C(=O)OC. The molecule has 2 fully saturated rings. The molecule has 0 radical (unpaired) electrons. The topological polar surface area (TPSA) is 52.6 Å². The second-order valence-electron chi connectivity index (χ2n) is 7.61. The van der Waals surface area contributed by atoms with E-state index in [1.165, 1.54) is 20.6 Å². The molecule has 4 nitrogen and oxygen atoms in total. The van der Waals surface area contributed by atoms with E-state index in [4.69, 9.17) is 9.47 Å². The van der Waals surface area contributed by atoms with Crippen molar-refractivity contribution in [3.63, 3.8) is 0 Å². The molecule has 0 aromatic heterocycles. The highest BCUT2D eigenvalue weighted by Crippen LogP contribution is 2.61. The lowest BCUT2D eigenvalue weighted by molar-refractivity contribution is -0.179. The molecule has 0 aliphatic heterocycles. The Morgan fingerprint density at radius 1 is 0.952 bits per heavy atom. The first-order valence-corrected chi connectivity index (χ1v) is 7.93. The zero-order chi connectivity index (χ0) is 15.8. The van der Waals surface area contributed by atoms with Crippen molar-refractivity contribution < 1.29 is 19.1 Å². The lowest BCUT2D eigenvalue weighted by Gasteiger charge is -2.57. The number of carbonyl (C=O) groups is 2. The maximum Gasteiger partial charge on any atom is 0.310 e. The number of fused-ring (bicyclic) bond motifs is 1. The van der Waals surface area contributed by atoms with Crippen molar-refractivity contribution in [2.45, 2.75) is 52.9 Å². The Labute approximate surface area is 127 Å². The molecule has 0 bridgehead atoms. The number of ether oxygens (including phenoxy) is 2. The summed E-state index contributed by atoms with van der Waals surface area (Å²) in [6, 6.07) is 0. The van der Waals surface area contributed by atoms with Crippen LogP contribution < -0.4 is 0 Å². The van der Waals surface area contributed by atoms with Crippen molar-refractivity contribution in [1.29, 1.82) is 0 Å². The summed E-state index contributed by atoms with van der Waals surface area (Å²) in [5, 5.41) is 0. The Kier molecular flexibility index (Phi) is 4.36. The summed E-state index contributed by atoms with van der Waals surface area (Å²) in [4.78, 5) is 24.6. The van der Waals surface area contributed by atoms with E-state index in [9.17, 15) is 9.59 Å². The molecular weight excluding hydrogens is 268 g/mol. The molecule has 0 N–H and O–H groups in total. The van der Waals surface area contributed by atoms with Gasteiger partial charge in [-0.2, -0.15) is 0 Å². The summed E-state index contributed by atoms with van der Waals surface area (Å²) in [6.07, 6.45) is 4.96. The second-order valence-corrected chi connectivity index (χ2v) is 7.61. The Morgan fingerprint density at radius 3 is 2.14 bits per heavy atom. The Balaban J connectivity index is 2.43. The molecule has 2 aliphatic carbocycles. The van der Waals surface area contributed by atoms with Crippen molar-refractivity contribution in [2.24, 2.45) is 28.6 Å². The zero-order valence-corrected chi connectivity index (χ0v) is 13.9. The third-order valence-electron chi connectivity index (χ3n) is 6.11. The fourth-order valence-electron chi connectivity index (χ4n) is 5.20. The van der Waals surface area contributed by atoms with Gasteiger partial charge in [0.25, 0.3) is 0 Å². The first-order chi connectivity index (χ1) is 9.78. The van der Waals surface area contributed by atoms with Gasteiger partial charge in [-0.25, -0.2) is 0 Å². The smallest absolute Gasteiger partial charge is 0.310 e. The fraction of sp³-hybridized carbons (Fsp3) is 0.882. The summed E-state index contributed by atoms with van der Waals surface area (Å²) in [6.45, 7) is 6.76. The van der Waals surface area contributed by atoms with Crippen LogP contribution in [0.4, 0.5) is 0 Å². The van der Waals surface area contributed by atoms with Gasteiger partial charge in [0.05, 0.1) is 26.1 Å². The minimum atomic E-state index is -0.381. The van der Waals surface area contributed by atoms with Gasteiger partial charge in [-0.15, -0.1) is 0 Å². The van der Waals surface area contributed by atoms with Crippen molar-refractivity contribution in [2.75, 3.05) is 14.2 Å². The maximum atomic E-state index is 12.4. The second kappa shape index (κ2) is 5.62. The summed E-state index contributed by atoms with van der Waals surface area (Å²) in [5.74, 6) is -0.821. The summed E-state index contributed by atoms with van der Waals surface area (Å²) in [5.41, 5.74) is 0.0340. The molecule has 0 heterocycles. The summed E-state index contributed by atoms with van der Waals surface area (Å²) >= 11 is 0. The Morgan fingerprint density at radius 2 is 1.57 bits per heavy atom. The summed E-state index contributed by atoms with van der Waals surface area (Å²) < 4.78 is 9.99. The summed E-state index contributed by atoms with van der Waals surface area (Å²) in [7, 11) is 2.81. The molecule has 120 valence electrons. The third-order valence-corrected chi connectivity index (χ3v) is 6.11. The predicted octanol–water partition coefficient (Wildman–Crippen LogP) is 3.19. The first kappa shape index (κ1) is 16.3. The molecule has 0 amide bonds. The zero-order valence-electron chi connectivity index (χ0n) is 13.9. The van der Waals surface area contributed by atoms with Gasteiger partial charge in [0.1, 0.15) is 0 Å². The van der Waals surface area contributed by atoms with Crippen LogP contribution >= 0.6 is 0 Å². The highest BCUT2D eigenvalue weighted by molar-refractivity contribution is 5.83. The highest BCUT2D eigenvalue weighted by atomic mass is 16.5. The van der Waals surface area contributed by atoms with E-state index < -0.39 is 0 Å². The van der Waals surface area contributed by atoms with E-state index >= 15 is 0 Å². The van der Waals surface area contributed by atoms with E-state index in [1.807, 2.05) is 0 Å². The molecule has 0 aromatic rings. The molecule has 4 atom stereocenters. The number of hydrogen-bond acceptors (Lipinski definition) is 4.